The molecule has 2 amide bonds. The zero-order chi connectivity index (χ0) is 16.4. The molecule has 1 unspecified atom stereocenters. The van der Waals surface area contributed by atoms with Crippen LogP contribution in [0.3, 0.4) is 0 Å². The second-order valence-electron chi connectivity index (χ2n) is 5.93. The highest BCUT2D eigenvalue weighted by molar-refractivity contribution is 5.94. The standard InChI is InChI=1S/C16H20FN3O3/c1-2-12-10-20(16(22)23-12)11-5-8-19(9-6-11)15(21)13-4-3-7-18-14(13)17/h3-4,7,11-12H,2,5-6,8-10H2,1H3. The number of halogens is 1. The number of ether oxygens (including phenoxy) is 1. The molecule has 0 radical (unpaired) electrons. The average molecular weight is 321 g/mol. The number of aromatic nitrogens is 1. The van der Waals surface area contributed by atoms with E-state index < -0.39 is 5.95 Å². The van der Waals surface area contributed by atoms with Gasteiger partial charge in [0.15, 0.2) is 0 Å². The summed E-state index contributed by atoms with van der Waals surface area (Å²) >= 11 is 0. The molecule has 0 aromatic carbocycles. The number of pyridine rings is 1. The van der Waals surface area contributed by atoms with Crippen LogP contribution in [0.4, 0.5) is 9.18 Å². The first-order chi connectivity index (χ1) is 11.1. The van der Waals surface area contributed by atoms with Crippen molar-refractivity contribution < 1.29 is 18.7 Å². The Bertz CT molecular complexity index is 602. The van der Waals surface area contributed by atoms with Crippen LogP contribution in [0, 0.1) is 5.95 Å². The van der Waals surface area contributed by atoms with Gasteiger partial charge in [0.05, 0.1) is 12.1 Å². The van der Waals surface area contributed by atoms with Gasteiger partial charge in [-0.2, -0.15) is 4.39 Å². The first-order valence-corrected chi connectivity index (χ1v) is 7.97. The third kappa shape index (κ3) is 3.13. The molecule has 23 heavy (non-hydrogen) atoms. The number of hydrogen-bond donors (Lipinski definition) is 0. The Labute approximate surface area is 134 Å². The van der Waals surface area contributed by atoms with Crippen LogP contribution in [-0.4, -0.2) is 58.6 Å². The van der Waals surface area contributed by atoms with E-state index in [-0.39, 0.29) is 29.7 Å². The third-order valence-electron chi connectivity index (χ3n) is 4.54. The summed E-state index contributed by atoms with van der Waals surface area (Å²) in [4.78, 5) is 31.1. The van der Waals surface area contributed by atoms with E-state index in [2.05, 4.69) is 4.98 Å². The van der Waals surface area contributed by atoms with E-state index in [0.717, 1.165) is 6.42 Å². The SMILES string of the molecule is CCC1CN(C2CCN(C(=O)c3cccnc3F)CC2)C(=O)O1. The summed E-state index contributed by atoms with van der Waals surface area (Å²) < 4.78 is 18.9. The molecule has 124 valence electrons. The number of hydrogen-bond acceptors (Lipinski definition) is 4. The Morgan fingerprint density at radius 3 is 2.78 bits per heavy atom. The van der Waals surface area contributed by atoms with Crippen LogP contribution in [0.25, 0.3) is 0 Å². The van der Waals surface area contributed by atoms with Gasteiger partial charge in [-0.25, -0.2) is 9.78 Å². The lowest BCUT2D eigenvalue weighted by molar-refractivity contribution is 0.0653. The van der Waals surface area contributed by atoms with Gasteiger partial charge in [0.25, 0.3) is 5.91 Å². The van der Waals surface area contributed by atoms with Gasteiger partial charge in [-0.15, -0.1) is 0 Å². The van der Waals surface area contributed by atoms with E-state index in [1.165, 1.54) is 12.3 Å². The molecule has 2 fully saturated rings. The summed E-state index contributed by atoms with van der Waals surface area (Å²) in [7, 11) is 0. The molecule has 0 aliphatic carbocycles. The molecule has 1 aromatic rings. The van der Waals surface area contributed by atoms with Crippen LogP contribution >= 0.6 is 0 Å². The highest BCUT2D eigenvalue weighted by atomic mass is 19.1. The van der Waals surface area contributed by atoms with Crippen molar-refractivity contribution in [3.63, 3.8) is 0 Å². The quantitative estimate of drug-likeness (QED) is 0.800. The summed E-state index contributed by atoms with van der Waals surface area (Å²) in [5.74, 6) is -1.09. The second-order valence-corrected chi connectivity index (χ2v) is 5.93. The maximum absolute atomic E-state index is 13.6. The number of nitrogens with zero attached hydrogens (tertiary/aromatic N) is 3. The number of amides is 2. The van der Waals surface area contributed by atoms with Crippen molar-refractivity contribution in [2.24, 2.45) is 0 Å². The normalized spacial score (nSPS) is 22.3. The molecule has 3 rings (SSSR count). The summed E-state index contributed by atoms with van der Waals surface area (Å²) in [6, 6.07) is 3.08. The number of cyclic esters (lactones) is 1. The van der Waals surface area contributed by atoms with Crippen LogP contribution in [0.15, 0.2) is 18.3 Å². The van der Waals surface area contributed by atoms with Crippen LogP contribution in [0.5, 0.6) is 0 Å². The molecule has 2 aliphatic rings. The molecule has 0 spiro atoms. The fourth-order valence-electron chi connectivity index (χ4n) is 3.15. The van der Waals surface area contributed by atoms with E-state index in [0.29, 0.717) is 32.5 Å². The fourth-order valence-corrected chi connectivity index (χ4v) is 3.15. The van der Waals surface area contributed by atoms with Gasteiger partial charge < -0.3 is 14.5 Å². The zero-order valence-electron chi connectivity index (χ0n) is 13.1. The number of carbonyl (C=O) groups excluding carboxylic acids is 2. The Morgan fingerprint density at radius 2 is 2.17 bits per heavy atom. The van der Waals surface area contributed by atoms with Crippen LogP contribution in [-0.2, 0) is 4.74 Å². The van der Waals surface area contributed by atoms with Gasteiger partial charge in [-0.3, -0.25) is 4.79 Å². The molecule has 1 aromatic heterocycles. The maximum atomic E-state index is 13.6. The first kappa shape index (κ1) is 15.7. The molecule has 0 saturated carbocycles. The summed E-state index contributed by atoms with van der Waals surface area (Å²) in [5, 5.41) is 0. The Balaban J connectivity index is 1.60. The predicted molar refractivity (Wildman–Crippen MR) is 80.4 cm³/mol. The predicted octanol–water partition coefficient (Wildman–Crippen LogP) is 2.06. The van der Waals surface area contributed by atoms with Gasteiger partial charge in [0, 0.05) is 25.3 Å². The Kier molecular flexibility index (Phi) is 4.45. The average Bonchev–Trinajstić information content (AvgIpc) is 2.96. The number of carbonyl (C=O) groups is 2. The minimum absolute atomic E-state index is 0.00224. The van der Waals surface area contributed by atoms with E-state index in [9.17, 15) is 14.0 Å². The van der Waals surface area contributed by atoms with Crippen molar-refractivity contribution in [1.29, 1.82) is 0 Å². The maximum Gasteiger partial charge on any atom is 0.410 e. The van der Waals surface area contributed by atoms with Crippen LogP contribution < -0.4 is 0 Å². The molecule has 2 aliphatic heterocycles. The minimum Gasteiger partial charge on any atom is -0.444 e. The zero-order valence-corrected chi connectivity index (χ0v) is 13.1. The van der Waals surface area contributed by atoms with Gasteiger partial charge in [-0.1, -0.05) is 6.92 Å². The van der Waals surface area contributed by atoms with E-state index in [4.69, 9.17) is 4.74 Å². The highest BCUT2D eigenvalue weighted by Gasteiger charge is 2.37. The van der Waals surface area contributed by atoms with Gasteiger partial charge in [0.2, 0.25) is 5.95 Å². The lowest BCUT2D eigenvalue weighted by atomic mass is 10.0. The van der Waals surface area contributed by atoms with Crippen molar-refractivity contribution in [3.05, 3.63) is 29.8 Å². The Morgan fingerprint density at radius 1 is 1.43 bits per heavy atom. The van der Waals surface area contributed by atoms with Crippen molar-refractivity contribution in [1.82, 2.24) is 14.8 Å². The van der Waals surface area contributed by atoms with E-state index >= 15 is 0 Å². The van der Waals surface area contributed by atoms with Gasteiger partial charge in [-0.05, 0) is 31.4 Å². The summed E-state index contributed by atoms with van der Waals surface area (Å²) in [6.07, 6.45) is 3.19. The van der Waals surface area contributed by atoms with Crippen LogP contribution in [0.2, 0.25) is 0 Å². The first-order valence-electron chi connectivity index (χ1n) is 7.97. The Hall–Kier alpha value is -2.18. The van der Waals surface area contributed by atoms with Gasteiger partial charge >= 0.3 is 6.09 Å². The number of rotatable bonds is 3. The fraction of sp³-hybridized carbons (Fsp3) is 0.562. The monoisotopic (exact) mass is 321 g/mol. The van der Waals surface area contributed by atoms with Crippen molar-refractivity contribution in [2.45, 2.75) is 38.3 Å². The summed E-state index contributed by atoms with van der Waals surface area (Å²) in [6.45, 7) is 3.60. The largest absolute Gasteiger partial charge is 0.444 e. The topological polar surface area (TPSA) is 62.7 Å². The third-order valence-corrected chi connectivity index (χ3v) is 4.54. The van der Waals surface area contributed by atoms with Crippen LogP contribution in [0.1, 0.15) is 36.5 Å². The molecule has 0 bridgehead atoms. The molecule has 6 nitrogen and oxygen atoms in total. The van der Waals surface area contributed by atoms with Crippen molar-refractivity contribution in [2.75, 3.05) is 19.6 Å². The lowest BCUT2D eigenvalue weighted by Gasteiger charge is -2.35. The second kappa shape index (κ2) is 6.52. The highest BCUT2D eigenvalue weighted by Crippen LogP contribution is 2.24. The lowest BCUT2D eigenvalue weighted by Crippen LogP contribution is -2.47. The van der Waals surface area contributed by atoms with Gasteiger partial charge in [0.1, 0.15) is 6.10 Å². The number of likely N-dealkylation sites (tertiary alicyclic amines) is 1. The molecule has 1 atom stereocenters. The molecule has 3 heterocycles. The minimum atomic E-state index is -0.742. The van der Waals surface area contributed by atoms with E-state index in [1.807, 2.05) is 6.92 Å². The molecule has 0 N–H and O–H groups in total. The number of piperidine rings is 1. The van der Waals surface area contributed by atoms with E-state index in [1.54, 1.807) is 15.9 Å². The summed E-state index contributed by atoms with van der Waals surface area (Å²) in [5.41, 5.74) is -0.00224. The smallest absolute Gasteiger partial charge is 0.410 e. The molecular weight excluding hydrogens is 301 g/mol. The molecule has 2 saturated heterocycles. The molecule has 7 heteroatoms. The van der Waals surface area contributed by atoms with Crippen molar-refractivity contribution >= 4 is 12.0 Å². The molecular formula is C16H20FN3O3. The van der Waals surface area contributed by atoms with Crippen molar-refractivity contribution in [3.8, 4) is 0 Å².